The average molecular weight is 344 g/mol. The summed E-state index contributed by atoms with van der Waals surface area (Å²) in [5.41, 5.74) is 0. The minimum Gasteiger partial charge on any atom is -0.508 e. The van der Waals surface area contributed by atoms with Crippen LogP contribution in [0.1, 0.15) is 58.3 Å². The highest BCUT2D eigenvalue weighted by Crippen LogP contribution is 2.08. The smallest absolute Gasteiger partial charge is 0.328 e. The fourth-order valence-corrected chi connectivity index (χ4v) is 2.09. The molecule has 0 saturated carbocycles. The minimum atomic E-state index is -0.985. The summed E-state index contributed by atoms with van der Waals surface area (Å²) >= 11 is 0. The van der Waals surface area contributed by atoms with Crippen LogP contribution in [0.25, 0.3) is 0 Å². The molecule has 3 heteroatoms. The fourth-order valence-electron chi connectivity index (χ4n) is 2.09. The topological polar surface area (TPSA) is 57.5 Å². The van der Waals surface area contributed by atoms with E-state index in [1.165, 1.54) is 57.1 Å². The van der Waals surface area contributed by atoms with E-state index in [1.807, 2.05) is 12.2 Å². The van der Waals surface area contributed by atoms with Crippen molar-refractivity contribution in [3.05, 3.63) is 72.6 Å². The van der Waals surface area contributed by atoms with Gasteiger partial charge in [0.25, 0.3) is 0 Å². The molecule has 0 spiro atoms. The van der Waals surface area contributed by atoms with Crippen LogP contribution >= 0.6 is 0 Å². The van der Waals surface area contributed by atoms with Crippen molar-refractivity contribution in [1.29, 1.82) is 0 Å². The van der Waals surface area contributed by atoms with Crippen molar-refractivity contribution in [3.63, 3.8) is 0 Å². The standard InChI is InChI=1S/C22H32O3/c1-2-3-4-5-6-7-8-9-10-11-12-15-18-21(23)19-16-13-14-17-20-22(24)25/h10-20,23H,2-9H2,1H3,(H,24,25)/b11-10+,14-13+,15-12+,19-16+,20-17+,21-18-. The zero-order valence-electron chi connectivity index (χ0n) is 15.3. The summed E-state index contributed by atoms with van der Waals surface area (Å²) in [5.74, 6) is -0.842. The molecule has 0 aliphatic rings. The van der Waals surface area contributed by atoms with Gasteiger partial charge in [-0.25, -0.2) is 4.79 Å². The molecule has 0 aromatic carbocycles. The molecule has 2 N–H and O–H groups in total. The zero-order valence-corrected chi connectivity index (χ0v) is 15.3. The van der Waals surface area contributed by atoms with Gasteiger partial charge in [0.2, 0.25) is 0 Å². The van der Waals surface area contributed by atoms with Gasteiger partial charge in [0.1, 0.15) is 5.76 Å². The molecule has 0 aliphatic heterocycles. The number of hydrogen-bond acceptors (Lipinski definition) is 2. The highest BCUT2D eigenvalue weighted by molar-refractivity contribution is 5.80. The van der Waals surface area contributed by atoms with E-state index in [1.54, 1.807) is 30.4 Å². The number of unbranched alkanes of at least 4 members (excludes halogenated alkanes) is 7. The first-order valence-electron chi connectivity index (χ1n) is 9.13. The maximum Gasteiger partial charge on any atom is 0.328 e. The van der Waals surface area contributed by atoms with Gasteiger partial charge in [0, 0.05) is 6.08 Å². The van der Waals surface area contributed by atoms with Crippen LogP contribution in [0.3, 0.4) is 0 Å². The van der Waals surface area contributed by atoms with Crippen LogP contribution in [0.5, 0.6) is 0 Å². The molecule has 0 saturated heterocycles. The Morgan fingerprint density at radius 1 is 0.720 bits per heavy atom. The average Bonchev–Trinajstić information content (AvgIpc) is 2.58. The molecule has 25 heavy (non-hydrogen) atoms. The molecule has 0 amide bonds. The summed E-state index contributed by atoms with van der Waals surface area (Å²) in [7, 11) is 0. The number of carboxylic acids is 1. The molecule has 0 radical (unpaired) electrons. The van der Waals surface area contributed by atoms with Gasteiger partial charge in [-0.3, -0.25) is 0 Å². The van der Waals surface area contributed by atoms with E-state index >= 15 is 0 Å². The number of rotatable bonds is 14. The Kier molecular flexibility index (Phi) is 16.4. The maximum absolute atomic E-state index is 10.2. The van der Waals surface area contributed by atoms with Crippen LogP contribution in [0, 0.1) is 0 Å². The fraction of sp³-hybridized carbons (Fsp3) is 0.409. The van der Waals surface area contributed by atoms with Crippen molar-refractivity contribution in [2.24, 2.45) is 0 Å². The Hall–Kier alpha value is -2.29. The molecule has 0 aromatic rings. The van der Waals surface area contributed by atoms with Crippen LogP contribution in [0.15, 0.2) is 72.6 Å². The molecule has 0 atom stereocenters. The molecule has 0 heterocycles. The number of carboxylic acid groups (broad SMARTS) is 1. The van der Waals surface area contributed by atoms with Crippen LogP contribution in [-0.2, 0) is 4.79 Å². The van der Waals surface area contributed by atoms with E-state index in [-0.39, 0.29) is 5.76 Å². The third-order valence-electron chi connectivity index (χ3n) is 3.44. The highest BCUT2D eigenvalue weighted by Gasteiger charge is 1.88. The second-order valence-corrected chi connectivity index (χ2v) is 5.76. The number of hydrogen-bond donors (Lipinski definition) is 2. The van der Waals surface area contributed by atoms with E-state index in [2.05, 4.69) is 13.0 Å². The Labute approximate surface area is 152 Å². The summed E-state index contributed by atoms with van der Waals surface area (Å²) < 4.78 is 0. The predicted octanol–water partition coefficient (Wildman–Crippen LogP) is 6.43. The molecule has 0 fully saturated rings. The van der Waals surface area contributed by atoms with Crippen LogP contribution in [0.2, 0.25) is 0 Å². The second kappa shape index (κ2) is 18.1. The second-order valence-electron chi connectivity index (χ2n) is 5.76. The van der Waals surface area contributed by atoms with Crippen molar-refractivity contribution >= 4 is 5.97 Å². The Morgan fingerprint density at radius 2 is 1.32 bits per heavy atom. The first-order valence-corrected chi connectivity index (χ1v) is 9.13. The Morgan fingerprint density at radius 3 is 2.00 bits per heavy atom. The molecule has 138 valence electrons. The molecule has 3 nitrogen and oxygen atoms in total. The lowest BCUT2D eigenvalue weighted by Gasteiger charge is -1.98. The predicted molar refractivity (Wildman–Crippen MR) is 107 cm³/mol. The highest BCUT2D eigenvalue weighted by atomic mass is 16.4. The van der Waals surface area contributed by atoms with E-state index in [0.717, 1.165) is 12.5 Å². The molecule has 0 bridgehead atoms. The lowest BCUT2D eigenvalue weighted by Crippen LogP contribution is -1.84. The van der Waals surface area contributed by atoms with Crippen molar-refractivity contribution in [3.8, 4) is 0 Å². The summed E-state index contributed by atoms with van der Waals surface area (Å²) in [4.78, 5) is 10.2. The lowest BCUT2D eigenvalue weighted by atomic mass is 10.1. The number of aliphatic carboxylic acids is 1. The summed E-state index contributed by atoms with van der Waals surface area (Å²) in [6, 6.07) is 0. The quantitative estimate of drug-likeness (QED) is 0.165. The summed E-state index contributed by atoms with van der Waals surface area (Å²) in [6.45, 7) is 2.24. The zero-order chi connectivity index (χ0) is 18.6. The Balaban J connectivity index is 3.79. The van der Waals surface area contributed by atoms with Gasteiger partial charge in [-0.2, -0.15) is 0 Å². The normalized spacial score (nSPS) is 13.4. The molecule has 0 aromatic heterocycles. The van der Waals surface area contributed by atoms with E-state index in [0.29, 0.717) is 0 Å². The number of aliphatic hydroxyl groups is 1. The maximum atomic E-state index is 10.2. The number of allylic oxidation sites excluding steroid dienone is 10. The van der Waals surface area contributed by atoms with Gasteiger partial charge >= 0.3 is 5.97 Å². The first-order chi connectivity index (χ1) is 12.2. The molecular formula is C22H32O3. The van der Waals surface area contributed by atoms with Crippen molar-refractivity contribution in [2.45, 2.75) is 58.3 Å². The van der Waals surface area contributed by atoms with E-state index in [9.17, 15) is 9.90 Å². The minimum absolute atomic E-state index is 0.142. The van der Waals surface area contributed by atoms with Gasteiger partial charge < -0.3 is 10.2 Å². The molecule has 0 unspecified atom stereocenters. The number of carbonyl (C=O) groups is 1. The largest absolute Gasteiger partial charge is 0.508 e. The van der Waals surface area contributed by atoms with Crippen LogP contribution < -0.4 is 0 Å². The number of aliphatic hydroxyl groups excluding tert-OH is 1. The summed E-state index contributed by atoms with van der Waals surface area (Å²) in [6.07, 6.45) is 28.7. The SMILES string of the molecule is CCCCCCCCC/C=C/C=C/C=C(O)/C=C/C=C/C=C/C(=O)O. The van der Waals surface area contributed by atoms with E-state index in [4.69, 9.17) is 5.11 Å². The van der Waals surface area contributed by atoms with Gasteiger partial charge in [-0.15, -0.1) is 0 Å². The van der Waals surface area contributed by atoms with Gasteiger partial charge in [0.15, 0.2) is 0 Å². The van der Waals surface area contributed by atoms with Crippen molar-refractivity contribution < 1.29 is 15.0 Å². The van der Waals surface area contributed by atoms with Crippen molar-refractivity contribution in [2.75, 3.05) is 0 Å². The van der Waals surface area contributed by atoms with Gasteiger partial charge in [0.05, 0.1) is 0 Å². The van der Waals surface area contributed by atoms with E-state index < -0.39 is 5.97 Å². The monoisotopic (exact) mass is 344 g/mol. The Bertz CT molecular complexity index is 505. The third-order valence-corrected chi connectivity index (χ3v) is 3.44. The lowest BCUT2D eigenvalue weighted by molar-refractivity contribution is -0.131. The third kappa shape index (κ3) is 19.7. The van der Waals surface area contributed by atoms with Crippen LogP contribution in [-0.4, -0.2) is 16.2 Å². The van der Waals surface area contributed by atoms with Crippen molar-refractivity contribution in [1.82, 2.24) is 0 Å². The molecule has 0 aliphatic carbocycles. The first kappa shape index (κ1) is 22.7. The van der Waals surface area contributed by atoms with Gasteiger partial charge in [-0.1, -0.05) is 94.1 Å². The van der Waals surface area contributed by atoms with Gasteiger partial charge in [-0.05, 0) is 25.0 Å². The van der Waals surface area contributed by atoms with Crippen LogP contribution in [0.4, 0.5) is 0 Å². The summed E-state index contributed by atoms with van der Waals surface area (Å²) in [5, 5.41) is 18.0. The molecule has 0 rings (SSSR count). The molecular weight excluding hydrogens is 312 g/mol.